The molecule has 0 aromatic heterocycles. The van der Waals surface area contributed by atoms with Crippen molar-refractivity contribution in [2.75, 3.05) is 18.4 Å². The molecule has 1 aromatic carbocycles. The van der Waals surface area contributed by atoms with Crippen LogP contribution in [0.1, 0.15) is 6.42 Å². The van der Waals surface area contributed by atoms with Crippen LogP contribution < -0.4 is 10.6 Å². The minimum absolute atomic E-state index is 0.0272. The van der Waals surface area contributed by atoms with Crippen LogP contribution in [0.3, 0.4) is 0 Å². The van der Waals surface area contributed by atoms with Crippen molar-refractivity contribution < 1.29 is 4.92 Å². The number of nitro benzene ring substituents is 1. The van der Waals surface area contributed by atoms with Crippen LogP contribution in [0.15, 0.2) is 18.2 Å². The third kappa shape index (κ3) is 2.43. The highest BCUT2D eigenvalue weighted by Crippen LogP contribution is 2.28. The van der Waals surface area contributed by atoms with Gasteiger partial charge in [-0.15, -0.1) is 0 Å². The van der Waals surface area contributed by atoms with Gasteiger partial charge in [0.25, 0.3) is 5.69 Å². The molecule has 86 valence electrons. The summed E-state index contributed by atoms with van der Waals surface area (Å²) in [6.45, 7) is 1.78. The highest BCUT2D eigenvalue weighted by atomic mass is 35.5. The zero-order valence-corrected chi connectivity index (χ0v) is 9.33. The second-order valence-corrected chi connectivity index (χ2v) is 4.19. The average Bonchev–Trinajstić information content (AvgIpc) is 2.73. The highest BCUT2D eigenvalue weighted by molar-refractivity contribution is 6.30. The molecule has 6 heteroatoms. The van der Waals surface area contributed by atoms with E-state index in [1.807, 2.05) is 0 Å². The zero-order chi connectivity index (χ0) is 11.5. The molecule has 0 bridgehead atoms. The van der Waals surface area contributed by atoms with Crippen molar-refractivity contribution in [3.63, 3.8) is 0 Å². The molecule has 0 spiro atoms. The van der Waals surface area contributed by atoms with Gasteiger partial charge in [-0.3, -0.25) is 10.1 Å². The number of halogens is 1. The van der Waals surface area contributed by atoms with E-state index in [2.05, 4.69) is 10.6 Å². The molecule has 16 heavy (non-hydrogen) atoms. The van der Waals surface area contributed by atoms with Crippen molar-refractivity contribution in [1.82, 2.24) is 5.32 Å². The van der Waals surface area contributed by atoms with E-state index in [-0.39, 0.29) is 11.7 Å². The number of anilines is 1. The van der Waals surface area contributed by atoms with Gasteiger partial charge >= 0.3 is 0 Å². The Hall–Kier alpha value is -1.33. The maximum atomic E-state index is 10.8. The summed E-state index contributed by atoms with van der Waals surface area (Å²) in [5, 5.41) is 17.6. The van der Waals surface area contributed by atoms with E-state index >= 15 is 0 Å². The molecule has 1 aliphatic rings. The van der Waals surface area contributed by atoms with Gasteiger partial charge in [-0.2, -0.15) is 0 Å². The quantitative estimate of drug-likeness (QED) is 0.628. The van der Waals surface area contributed by atoms with Gasteiger partial charge in [0.05, 0.1) is 4.92 Å². The molecule has 1 fully saturated rings. The second kappa shape index (κ2) is 4.67. The first-order valence-corrected chi connectivity index (χ1v) is 5.46. The number of nitrogens with one attached hydrogen (secondary N) is 2. The smallest absolute Gasteiger partial charge is 0.293 e. The number of hydrogen-bond acceptors (Lipinski definition) is 4. The molecule has 0 aliphatic carbocycles. The van der Waals surface area contributed by atoms with E-state index in [9.17, 15) is 10.1 Å². The summed E-state index contributed by atoms with van der Waals surface area (Å²) >= 11 is 5.73. The van der Waals surface area contributed by atoms with Crippen molar-refractivity contribution in [2.24, 2.45) is 0 Å². The van der Waals surface area contributed by atoms with Gasteiger partial charge in [0.2, 0.25) is 0 Å². The van der Waals surface area contributed by atoms with Gasteiger partial charge in [-0.05, 0) is 25.1 Å². The van der Waals surface area contributed by atoms with E-state index in [4.69, 9.17) is 11.6 Å². The zero-order valence-electron chi connectivity index (χ0n) is 8.57. The molecular formula is C10H12ClN3O2. The Bertz CT molecular complexity index is 405. The Morgan fingerprint density at radius 1 is 1.56 bits per heavy atom. The average molecular weight is 242 g/mol. The van der Waals surface area contributed by atoms with E-state index in [1.54, 1.807) is 12.1 Å². The van der Waals surface area contributed by atoms with E-state index in [1.165, 1.54) is 6.07 Å². The van der Waals surface area contributed by atoms with E-state index < -0.39 is 4.92 Å². The molecule has 5 nitrogen and oxygen atoms in total. The number of rotatable bonds is 3. The van der Waals surface area contributed by atoms with E-state index in [0.717, 1.165) is 19.5 Å². The van der Waals surface area contributed by atoms with Crippen molar-refractivity contribution in [2.45, 2.75) is 12.5 Å². The molecule has 1 aliphatic heterocycles. The molecule has 1 saturated heterocycles. The molecule has 0 radical (unpaired) electrons. The SMILES string of the molecule is O=[N+]([O-])c1cc(Cl)ccc1N[C@@H]1CCNC1. The van der Waals surface area contributed by atoms with E-state index in [0.29, 0.717) is 10.7 Å². The Balaban J connectivity index is 2.21. The molecule has 2 N–H and O–H groups in total. The fraction of sp³-hybridized carbons (Fsp3) is 0.400. The largest absolute Gasteiger partial charge is 0.375 e. The molecular weight excluding hydrogens is 230 g/mol. The Morgan fingerprint density at radius 3 is 3.00 bits per heavy atom. The van der Waals surface area contributed by atoms with Crippen LogP contribution >= 0.6 is 11.6 Å². The molecule has 0 saturated carbocycles. The molecule has 1 heterocycles. The summed E-state index contributed by atoms with van der Waals surface area (Å²) < 4.78 is 0. The standard InChI is InChI=1S/C10H12ClN3O2/c11-7-1-2-9(10(5-7)14(15)16)13-8-3-4-12-6-8/h1-2,5,8,12-13H,3-4,6H2/t8-/m1/s1. The third-order valence-corrected chi connectivity index (χ3v) is 2.81. The van der Waals surface area contributed by atoms with Crippen LogP contribution in [-0.2, 0) is 0 Å². The molecule has 1 atom stereocenters. The minimum Gasteiger partial charge on any atom is -0.375 e. The Morgan fingerprint density at radius 2 is 2.38 bits per heavy atom. The third-order valence-electron chi connectivity index (χ3n) is 2.58. The summed E-state index contributed by atoms with van der Waals surface area (Å²) in [5.74, 6) is 0. The maximum absolute atomic E-state index is 10.8. The minimum atomic E-state index is -0.420. The van der Waals surface area contributed by atoms with Gasteiger partial charge < -0.3 is 10.6 Å². The van der Waals surface area contributed by atoms with Crippen LogP contribution in [-0.4, -0.2) is 24.1 Å². The summed E-state index contributed by atoms with van der Waals surface area (Å²) in [5.41, 5.74) is 0.558. The summed E-state index contributed by atoms with van der Waals surface area (Å²) in [7, 11) is 0. The normalized spacial score (nSPS) is 19.7. The van der Waals surface area contributed by atoms with Crippen molar-refractivity contribution in [3.05, 3.63) is 33.3 Å². The summed E-state index contributed by atoms with van der Waals surface area (Å²) in [6, 6.07) is 4.92. The van der Waals surface area contributed by atoms with Gasteiger partial charge in [-0.1, -0.05) is 11.6 Å². The number of nitrogens with zero attached hydrogens (tertiary/aromatic N) is 1. The van der Waals surface area contributed by atoms with Gasteiger partial charge in [0, 0.05) is 23.7 Å². The Labute approximate surface area is 97.9 Å². The van der Waals surface area contributed by atoms with Crippen LogP contribution in [0.5, 0.6) is 0 Å². The second-order valence-electron chi connectivity index (χ2n) is 3.75. The maximum Gasteiger partial charge on any atom is 0.293 e. The highest BCUT2D eigenvalue weighted by Gasteiger charge is 2.19. The lowest BCUT2D eigenvalue weighted by molar-refractivity contribution is -0.384. The number of nitro groups is 1. The first-order chi connectivity index (χ1) is 7.66. The lowest BCUT2D eigenvalue weighted by Crippen LogP contribution is -2.22. The summed E-state index contributed by atoms with van der Waals surface area (Å²) in [6.07, 6.45) is 0.972. The van der Waals surface area contributed by atoms with Gasteiger partial charge in [0.15, 0.2) is 0 Å². The number of hydrogen-bond donors (Lipinski definition) is 2. The van der Waals surface area contributed by atoms with Crippen LogP contribution in [0, 0.1) is 10.1 Å². The fourth-order valence-corrected chi connectivity index (χ4v) is 1.94. The van der Waals surface area contributed by atoms with Crippen LogP contribution in [0.25, 0.3) is 0 Å². The lowest BCUT2D eigenvalue weighted by Gasteiger charge is -2.12. The summed E-state index contributed by atoms with van der Waals surface area (Å²) in [4.78, 5) is 10.4. The monoisotopic (exact) mass is 241 g/mol. The fourth-order valence-electron chi connectivity index (χ4n) is 1.78. The molecule has 1 aromatic rings. The van der Waals surface area contributed by atoms with Crippen LogP contribution in [0.4, 0.5) is 11.4 Å². The number of benzene rings is 1. The first-order valence-electron chi connectivity index (χ1n) is 5.08. The van der Waals surface area contributed by atoms with Crippen molar-refractivity contribution in [1.29, 1.82) is 0 Å². The molecule has 0 unspecified atom stereocenters. The van der Waals surface area contributed by atoms with Gasteiger partial charge in [-0.25, -0.2) is 0 Å². The predicted molar refractivity (Wildman–Crippen MR) is 63.0 cm³/mol. The van der Waals surface area contributed by atoms with Crippen molar-refractivity contribution >= 4 is 23.0 Å². The Kier molecular flexibility index (Phi) is 3.26. The predicted octanol–water partition coefficient (Wildman–Crippen LogP) is 2.02. The van der Waals surface area contributed by atoms with Crippen LogP contribution in [0.2, 0.25) is 5.02 Å². The van der Waals surface area contributed by atoms with Crippen molar-refractivity contribution in [3.8, 4) is 0 Å². The topological polar surface area (TPSA) is 67.2 Å². The van der Waals surface area contributed by atoms with Gasteiger partial charge in [0.1, 0.15) is 5.69 Å². The molecule has 0 amide bonds. The molecule has 2 rings (SSSR count). The first kappa shape index (κ1) is 11.2. The lowest BCUT2D eigenvalue weighted by atomic mass is 10.2.